The van der Waals surface area contributed by atoms with Crippen molar-refractivity contribution < 1.29 is 4.74 Å². The Morgan fingerprint density at radius 3 is 3.15 bits per heavy atom. The van der Waals surface area contributed by atoms with Crippen molar-refractivity contribution in [2.24, 2.45) is 0 Å². The molecule has 1 aromatic rings. The Balaban J connectivity index is 2.15. The van der Waals surface area contributed by atoms with E-state index in [0.717, 1.165) is 25.6 Å². The second-order valence-electron chi connectivity index (χ2n) is 3.31. The number of aromatic nitrogens is 1. The molecule has 1 aliphatic heterocycles. The van der Waals surface area contributed by atoms with Crippen molar-refractivity contribution in [1.82, 2.24) is 4.98 Å². The van der Waals surface area contributed by atoms with E-state index in [9.17, 15) is 0 Å². The van der Waals surface area contributed by atoms with E-state index >= 15 is 0 Å². The quantitative estimate of drug-likeness (QED) is 0.648. The van der Waals surface area contributed by atoms with Gasteiger partial charge in [0.2, 0.25) is 0 Å². The second kappa shape index (κ2) is 3.75. The van der Waals surface area contributed by atoms with E-state index < -0.39 is 0 Å². The zero-order chi connectivity index (χ0) is 9.10. The lowest BCUT2D eigenvalue weighted by Gasteiger charge is -2.34. The Hall–Kier alpha value is -1.09. The molecule has 0 N–H and O–H groups in total. The first kappa shape index (κ1) is 8.51. The number of hydrogen-bond acceptors (Lipinski definition) is 3. The molecule has 1 aromatic heterocycles. The SMILES string of the molecule is CC1COCCN1c1ccccn1. The zero-order valence-electron chi connectivity index (χ0n) is 7.81. The lowest BCUT2D eigenvalue weighted by Crippen LogP contribution is -2.44. The molecule has 0 saturated carbocycles. The van der Waals surface area contributed by atoms with E-state index in [0.29, 0.717) is 6.04 Å². The highest BCUT2D eigenvalue weighted by Gasteiger charge is 2.19. The van der Waals surface area contributed by atoms with Crippen LogP contribution in [0.25, 0.3) is 0 Å². The minimum Gasteiger partial charge on any atom is -0.377 e. The molecule has 1 atom stereocenters. The second-order valence-corrected chi connectivity index (χ2v) is 3.31. The molecule has 0 aliphatic carbocycles. The van der Waals surface area contributed by atoms with Gasteiger partial charge in [0, 0.05) is 12.7 Å². The maximum atomic E-state index is 5.36. The van der Waals surface area contributed by atoms with Crippen LogP contribution in [0.15, 0.2) is 24.4 Å². The number of anilines is 1. The van der Waals surface area contributed by atoms with Gasteiger partial charge in [0.1, 0.15) is 5.82 Å². The Labute approximate surface area is 78.3 Å². The van der Waals surface area contributed by atoms with Crippen molar-refractivity contribution in [3.63, 3.8) is 0 Å². The molecule has 0 aromatic carbocycles. The van der Waals surface area contributed by atoms with Crippen LogP contribution in [0, 0.1) is 0 Å². The highest BCUT2D eigenvalue weighted by molar-refractivity contribution is 5.39. The van der Waals surface area contributed by atoms with Gasteiger partial charge in [0.25, 0.3) is 0 Å². The van der Waals surface area contributed by atoms with Gasteiger partial charge in [-0.25, -0.2) is 4.98 Å². The number of morpholine rings is 1. The topological polar surface area (TPSA) is 25.4 Å². The van der Waals surface area contributed by atoms with Crippen LogP contribution in [0.2, 0.25) is 0 Å². The van der Waals surface area contributed by atoms with Gasteiger partial charge in [0.05, 0.1) is 19.3 Å². The molecule has 2 rings (SSSR count). The fourth-order valence-corrected chi connectivity index (χ4v) is 1.59. The van der Waals surface area contributed by atoms with Gasteiger partial charge in [0.15, 0.2) is 0 Å². The summed E-state index contributed by atoms with van der Waals surface area (Å²) in [6, 6.07) is 6.43. The Morgan fingerprint density at radius 1 is 1.54 bits per heavy atom. The van der Waals surface area contributed by atoms with Crippen molar-refractivity contribution in [2.45, 2.75) is 13.0 Å². The van der Waals surface area contributed by atoms with Gasteiger partial charge in [-0.3, -0.25) is 0 Å². The first-order valence-electron chi connectivity index (χ1n) is 4.63. The molecular weight excluding hydrogens is 164 g/mol. The van der Waals surface area contributed by atoms with Crippen LogP contribution in [-0.4, -0.2) is 30.8 Å². The lowest BCUT2D eigenvalue weighted by molar-refractivity contribution is 0.0985. The maximum Gasteiger partial charge on any atom is 0.128 e. The minimum absolute atomic E-state index is 0.434. The van der Waals surface area contributed by atoms with Crippen molar-refractivity contribution in [1.29, 1.82) is 0 Å². The number of rotatable bonds is 1. The van der Waals surface area contributed by atoms with E-state index in [1.165, 1.54) is 0 Å². The zero-order valence-corrected chi connectivity index (χ0v) is 7.81. The van der Waals surface area contributed by atoms with Crippen LogP contribution in [-0.2, 0) is 4.74 Å². The third-order valence-corrected chi connectivity index (χ3v) is 2.31. The summed E-state index contributed by atoms with van der Waals surface area (Å²) in [5.41, 5.74) is 0. The van der Waals surface area contributed by atoms with E-state index in [4.69, 9.17) is 4.74 Å². The van der Waals surface area contributed by atoms with E-state index in [1.807, 2.05) is 24.4 Å². The summed E-state index contributed by atoms with van der Waals surface area (Å²) >= 11 is 0. The highest BCUT2D eigenvalue weighted by atomic mass is 16.5. The molecule has 3 nitrogen and oxygen atoms in total. The maximum absolute atomic E-state index is 5.36. The van der Waals surface area contributed by atoms with Crippen LogP contribution < -0.4 is 4.90 Å². The van der Waals surface area contributed by atoms with Crippen LogP contribution in [0.5, 0.6) is 0 Å². The van der Waals surface area contributed by atoms with E-state index in [2.05, 4.69) is 16.8 Å². The van der Waals surface area contributed by atoms with Gasteiger partial charge in [-0.05, 0) is 19.1 Å². The summed E-state index contributed by atoms with van der Waals surface area (Å²) in [5.74, 6) is 1.05. The van der Waals surface area contributed by atoms with Crippen LogP contribution in [0.1, 0.15) is 6.92 Å². The molecule has 2 heterocycles. The molecule has 13 heavy (non-hydrogen) atoms. The van der Waals surface area contributed by atoms with Gasteiger partial charge >= 0.3 is 0 Å². The molecular formula is C10H14N2O. The first-order valence-corrected chi connectivity index (χ1v) is 4.63. The summed E-state index contributed by atoms with van der Waals surface area (Å²) in [7, 11) is 0. The summed E-state index contributed by atoms with van der Waals surface area (Å²) in [6.07, 6.45) is 1.83. The predicted molar refractivity (Wildman–Crippen MR) is 51.9 cm³/mol. The Morgan fingerprint density at radius 2 is 2.46 bits per heavy atom. The Kier molecular flexibility index (Phi) is 2.45. The van der Waals surface area contributed by atoms with Crippen LogP contribution in [0.4, 0.5) is 5.82 Å². The van der Waals surface area contributed by atoms with Crippen molar-refractivity contribution in [3.05, 3.63) is 24.4 Å². The Bertz CT molecular complexity index is 263. The molecule has 70 valence electrons. The van der Waals surface area contributed by atoms with Crippen LogP contribution in [0.3, 0.4) is 0 Å². The monoisotopic (exact) mass is 178 g/mol. The summed E-state index contributed by atoms with van der Waals surface area (Å²) in [6.45, 7) is 4.71. The fraction of sp³-hybridized carbons (Fsp3) is 0.500. The summed E-state index contributed by atoms with van der Waals surface area (Å²) in [5, 5.41) is 0. The molecule has 0 bridgehead atoms. The summed E-state index contributed by atoms with van der Waals surface area (Å²) < 4.78 is 5.36. The van der Waals surface area contributed by atoms with Crippen molar-refractivity contribution in [3.8, 4) is 0 Å². The predicted octanol–water partition coefficient (Wildman–Crippen LogP) is 1.31. The van der Waals surface area contributed by atoms with Crippen molar-refractivity contribution >= 4 is 5.82 Å². The number of nitrogens with zero attached hydrogens (tertiary/aromatic N) is 2. The highest BCUT2D eigenvalue weighted by Crippen LogP contribution is 2.15. The van der Waals surface area contributed by atoms with Gasteiger partial charge < -0.3 is 9.64 Å². The molecule has 1 fully saturated rings. The average Bonchev–Trinajstić information content (AvgIpc) is 2.20. The summed E-state index contributed by atoms with van der Waals surface area (Å²) in [4.78, 5) is 6.60. The number of ether oxygens (including phenoxy) is 1. The minimum atomic E-state index is 0.434. The smallest absolute Gasteiger partial charge is 0.128 e. The van der Waals surface area contributed by atoms with Gasteiger partial charge in [-0.2, -0.15) is 0 Å². The lowest BCUT2D eigenvalue weighted by atomic mass is 10.2. The number of pyridine rings is 1. The van der Waals surface area contributed by atoms with E-state index in [-0.39, 0.29) is 0 Å². The third-order valence-electron chi connectivity index (χ3n) is 2.31. The molecule has 0 spiro atoms. The molecule has 3 heteroatoms. The molecule has 1 aliphatic rings. The van der Waals surface area contributed by atoms with Gasteiger partial charge in [-0.1, -0.05) is 6.07 Å². The molecule has 1 unspecified atom stereocenters. The molecule has 1 saturated heterocycles. The molecule has 0 radical (unpaired) electrons. The number of hydrogen-bond donors (Lipinski definition) is 0. The standard InChI is InChI=1S/C10H14N2O/c1-9-8-13-7-6-12(9)10-4-2-3-5-11-10/h2-5,9H,6-8H2,1H3. The van der Waals surface area contributed by atoms with E-state index in [1.54, 1.807) is 0 Å². The van der Waals surface area contributed by atoms with Crippen molar-refractivity contribution in [2.75, 3.05) is 24.7 Å². The van der Waals surface area contributed by atoms with Gasteiger partial charge in [-0.15, -0.1) is 0 Å². The average molecular weight is 178 g/mol. The fourth-order valence-electron chi connectivity index (χ4n) is 1.59. The third kappa shape index (κ3) is 1.80. The normalized spacial score (nSPS) is 23.2. The first-order chi connectivity index (χ1) is 6.38. The van der Waals surface area contributed by atoms with Crippen LogP contribution >= 0.6 is 0 Å². The molecule has 0 amide bonds. The largest absolute Gasteiger partial charge is 0.377 e.